The summed E-state index contributed by atoms with van der Waals surface area (Å²) in [5.74, 6) is -0.527. The highest BCUT2D eigenvalue weighted by atomic mass is 16.2. The van der Waals surface area contributed by atoms with E-state index < -0.39 is 0 Å². The van der Waals surface area contributed by atoms with Crippen molar-refractivity contribution in [2.45, 2.75) is 13.8 Å². The van der Waals surface area contributed by atoms with Crippen LogP contribution in [0.15, 0.2) is 24.3 Å². The van der Waals surface area contributed by atoms with Crippen LogP contribution < -0.4 is 16.4 Å². The van der Waals surface area contributed by atoms with Gasteiger partial charge < -0.3 is 16.4 Å². The highest BCUT2D eigenvalue weighted by Crippen LogP contribution is 2.19. The third kappa shape index (κ3) is 3.19. The second kappa shape index (κ2) is 5.66. The van der Waals surface area contributed by atoms with Crippen molar-refractivity contribution in [2.75, 3.05) is 16.4 Å². The van der Waals surface area contributed by atoms with Gasteiger partial charge in [0.15, 0.2) is 0 Å². The molecule has 0 unspecified atom stereocenters. The molecule has 7 heteroatoms. The summed E-state index contributed by atoms with van der Waals surface area (Å²) in [6, 6.07) is 6.86. The van der Waals surface area contributed by atoms with Crippen LogP contribution in [0.2, 0.25) is 0 Å². The van der Waals surface area contributed by atoms with E-state index in [-0.39, 0.29) is 11.8 Å². The Morgan fingerprint density at radius 1 is 1.24 bits per heavy atom. The maximum absolute atomic E-state index is 12.3. The van der Waals surface area contributed by atoms with Crippen molar-refractivity contribution in [3.05, 3.63) is 35.7 Å². The van der Waals surface area contributed by atoms with Gasteiger partial charge in [0.1, 0.15) is 5.69 Å². The van der Waals surface area contributed by atoms with Gasteiger partial charge in [-0.25, -0.2) is 0 Å². The van der Waals surface area contributed by atoms with Gasteiger partial charge in [0.25, 0.3) is 5.91 Å². The van der Waals surface area contributed by atoms with Gasteiger partial charge in [-0.05, 0) is 25.1 Å². The molecule has 0 saturated heterocycles. The minimum atomic E-state index is -0.351. The molecule has 1 heterocycles. The van der Waals surface area contributed by atoms with Crippen LogP contribution in [-0.4, -0.2) is 21.6 Å². The number of amides is 2. The lowest BCUT2D eigenvalue weighted by Crippen LogP contribution is -2.17. The lowest BCUT2D eigenvalue weighted by molar-refractivity contribution is -0.114. The summed E-state index contributed by atoms with van der Waals surface area (Å²) in [7, 11) is 1.66. The molecule has 2 amide bonds. The Bertz CT molecular complexity index is 705. The number of nitrogens with two attached hydrogens (primary N) is 1. The lowest BCUT2D eigenvalue weighted by Gasteiger charge is -2.08. The number of aromatic nitrogens is 2. The summed E-state index contributed by atoms with van der Waals surface area (Å²) in [6.07, 6.45) is 0. The van der Waals surface area contributed by atoms with Crippen LogP contribution in [0.25, 0.3) is 0 Å². The van der Waals surface area contributed by atoms with Crippen molar-refractivity contribution in [1.82, 2.24) is 9.78 Å². The molecule has 1 aromatic carbocycles. The number of anilines is 3. The Morgan fingerprint density at radius 3 is 2.38 bits per heavy atom. The minimum absolute atomic E-state index is 0.176. The maximum Gasteiger partial charge on any atom is 0.276 e. The number of hydrogen-bond donors (Lipinski definition) is 3. The number of benzene rings is 1. The number of nitrogens with one attached hydrogen (secondary N) is 2. The van der Waals surface area contributed by atoms with E-state index in [0.717, 1.165) is 0 Å². The number of carbonyl (C=O) groups is 2. The molecule has 0 radical (unpaired) electrons. The molecule has 2 rings (SSSR count). The van der Waals surface area contributed by atoms with E-state index in [1.165, 1.54) is 11.6 Å². The van der Waals surface area contributed by atoms with E-state index in [1.54, 1.807) is 38.2 Å². The van der Waals surface area contributed by atoms with Crippen LogP contribution in [0, 0.1) is 6.92 Å². The smallest absolute Gasteiger partial charge is 0.276 e. The molecular formula is C14H17N5O2. The SMILES string of the molecule is CC(=O)Nc1cccc(NC(=O)c2c(N)c(C)nn2C)c1. The van der Waals surface area contributed by atoms with E-state index in [9.17, 15) is 9.59 Å². The molecule has 7 nitrogen and oxygen atoms in total. The Labute approximate surface area is 122 Å². The fourth-order valence-corrected chi connectivity index (χ4v) is 2.01. The van der Waals surface area contributed by atoms with Crippen molar-refractivity contribution >= 4 is 28.9 Å². The summed E-state index contributed by atoms with van der Waals surface area (Å²) in [4.78, 5) is 23.3. The fourth-order valence-electron chi connectivity index (χ4n) is 2.01. The zero-order valence-corrected chi connectivity index (χ0v) is 12.1. The zero-order chi connectivity index (χ0) is 15.6. The molecule has 0 aliphatic carbocycles. The summed E-state index contributed by atoms with van der Waals surface area (Å²) < 4.78 is 1.44. The highest BCUT2D eigenvalue weighted by Gasteiger charge is 2.18. The van der Waals surface area contributed by atoms with Gasteiger partial charge in [0, 0.05) is 25.3 Å². The predicted octanol–water partition coefficient (Wildman–Crippen LogP) is 1.52. The standard InChI is InChI=1S/C14H17N5O2/c1-8-12(15)13(19(3)18-8)14(21)17-11-6-4-5-10(7-11)16-9(2)20/h4-7H,15H2,1-3H3,(H,16,20)(H,17,21). The fraction of sp³-hybridized carbons (Fsp3) is 0.214. The summed E-state index contributed by atoms with van der Waals surface area (Å²) in [5, 5.41) is 9.49. The number of rotatable bonds is 3. The molecule has 1 aromatic heterocycles. The zero-order valence-electron chi connectivity index (χ0n) is 12.1. The first kappa shape index (κ1) is 14.6. The van der Waals surface area contributed by atoms with Gasteiger partial charge in [0.05, 0.1) is 11.4 Å². The van der Waals surface area contributed by atoms with E-state index in [2.05, 4.69) is 15.7 Å². The Morgan fingerprint density at radius 2 is 1.86 bits per heavy atom. The van der Waals surface area contributed by atoms with E-state index in [0.29, 0.717) is 28.5 Å². The highest BCUT2D eigenvalue weighted by molar-refractivity contribution is 6.07. The quantitative estimate of drug-likeness (QED) is 0.796. The summed E-state index contributed by atoms with van der Waals surface area (Å²) in [5.41, 5.74) is 8.28. The molecule has 21 heavy (non-hydrogen) atoms. The van der Waals surface area contributed by atoms with E-state index in [4.69, 9.17) is 5.73 Å². The van der Waals surface area contributed by atoms with Crippen molar-refractivity contribution in [3.63, 3.8) is 0 Å². The van der Waals surface area contributed by atoms with Gasteiger partial charge in [-0.2, -0.15) is 5.10 Å². The molecule has 4 N–H and O–H groups in total. The molecule has 2 aromatic rings. The van der Waals surface area contributed by atoms with E-state index in [1.807, 2.05) is 0 Å². The molecule has 0 aliphatic heterocycles. The second-order valence-electron chi connectivity index (χ2n) is 4.69. The minimum Gasteiger partial charge on any atom is -0.395 e. The molecule has 0 bridgehead atoms. The number of nitrogen functional groups attached to an aromatic ring is 1. The van der Waals surface area contributed by atoms with Gasteiger partial charge >= 0.3 is 0 Å². The van der Waals surface area contributed by atoms with Gasteiger partial charge in [-0.15, -0.1) is 0 Å². The lowest BCUT2D eigenvalue weighted by atomic mass is 10.2. The topological polar surface area (TPSA) is 102 Å². The van der Waals surface area contributed by atoms with Crippen molar-refractivity contribution < 1.29 is 9.59 Å². The Balaban J connectivity index is 2.21. The number of aryl methyl sites for hydroxylation is 2. The number of nitrogens with zero attached hydrogens (tertiary/aromatic N) is 2. The maximum atomic E-state index is 12.3. The van der Waals surface area contributed by atoms with Crippen molar-refractivity contribution in [2.24, 2.45) is 7.05 Å². The molecule has 0 atom stereocenters. The first-order valence-electron chi connectivity index (χ1n) is 6.36. The van der Waals surface area contributed by atoms with Crippen LogP contribution in [-0.2, 0) is 11.8 Å². The number of carbonyl (C=O) groups excluding carboxylic acids is 2. The van der Waals surface area contributed by atoms with Crippen molar-refractivity contribution in [1.29, 1.82) is 0 Å². The largest absolute Gasteiger partial charge is 0.395 e. The van der Waals surface area contributed by atoms with Gasteiger partial charge in [-0.1, -0.05) is 6.07 Å². The molecule has 110 valence electrons. The third-order valence-corrected chi connectivity index (χ3v) is 2.92. The van der Waals surface area contributed by atoms with Crippen molar-refractivity contribution in [3.8, 4) is 0 Å². The average Bonchev–Trinajstić information content (AvgIpc) is 2.62. The average molecular weight is 287 g/mol. The normalized spacial score (nSPS) is 10.2. The van der Waals surface area contributed by atoms with Crippen LogP contribution in [0.1, 0.15) is 23.1 Å². The first-order chi connectivity index (χ1) is 9.88. The Hall–Kier alpha value is -2.83. The summed E-state index contributed by atoms with van der Waals surface area (Å²) >= 11 is 0. The monoisotopic (exact) mass is 287 g/mol. The van der Waals surface area contributed by atoms with Gasteiger partial charge in [-0.3, -0.25) is 14.3 Å². The van der Waals surface area contributed by atoms with Crippen LogP contribution >= 0.6 is 0 Å². The molecule has 0 spiro atoms. The third-order valence-electron chi connectivity index (χ3n) is 2.92. The summed E-state index contributed by atoms with van der Waals surface area (Å²) in [6.45, 7) is 3.16. The molecule has 0 aliphatic rings. The Kier molecular flexibility index (Phi) is 3.93. The van der Waals surface area contributed by atoms with Crippen LogP contribution in [0.4, 0.5) is 17.1 Å². The number of hydrogen-bond acceptors (Lipinski definition) is 4. The van der Waals surface area contributed by atoms with Gasteiger partial charge in [0.2, 0.25) is 5.91 Å². The van der Waals surface area contributed by atoms with E-state index >= 15 is 0 Å². The first-order valence-corrected chi connectivity index (χ1v) is 6.36. The van der Waals surface area contributed by atoms with Crippen LogP contribution in [0.5, 0.6) is 0 Å². The molecular weight excluding hydrogens is 270 g/mol. The van der Waals surface area contributed by atoms with Crippen LogP contribution in [0.3, 0.4) is 0 Å². The molecule has 0 fully saturated rings. The predicted molar refractivity (Wildman–Crippen MR) is 81.1 cm³/mol. The molecule has 0 saturated carbocycles. The second-order valence-corrected chi connectivity index (χ2v) is 4.69.